The molecule has 3 atom stereocenters. The minimum Gasteiger partial charge on any atom is -0.474 e. The molecule has 3 aromatic rings. The summed E-state index contributed by atoms with van der Waals surface area (Å²) in [5, 5.41) is 16.0. The number of anilines is 3. The highest BCUT2D eigenvalue weighted by Crippen LogP contribution is 2.43. The number of rotatable bonds is 4. The van der Waals surface area contributed by atoms with Crippen molar-refractivity contribution in [3.63, 3.8) is 0 Å². The number of pyridine rings is 2. The van der Waals surface area contributed by atoms with Gasteiger partial charge in [-0.05, 0) is 78.5 Å². The zero-order chi connectivity index (χ0) is 35.3. The second-order valence-corrected chi connectivity index (χ2v) is 14.4. The van der Waals surface area contributed by atoms with Gasteiger partial charge in [0.25, 0.3) is 0 Å². The Morgan fingerprint density at radius 1 is 1.02 bits per heavy atom. The minimum absolute atomic E-state index is 0.0429. The number of nitrogens with one attached hydrogen (secondary N) is 2. The summed E-state index contributed by atoms with van der Waals surface area (Å²) in [5.41, 5.74) is -1.57. The zero-order valence-electron chi connectivity index (χ0n) is 28.6. The quantitative estimate of drug-likeness (QED) is 0.249. The third-order valence-corrected chi connectivity index (χ3v) is 8.23. The van der Waals surface area contributed by atoms with Crippen molar-refractivity contribution in [3.05, 3.63) is 35.9 Å². The number of ether oxygens (including phenoxy) is 4. The number of carbonyl (C=O) groups excluding carboxylic acids is 3. The van der Waals surface area contributed by atoms with Crippen molar-refractivity contribution in [2.24, 2.45) is 5.92 Å². The van der Waals surface area contributed by atoms with Gasteiger partial charge in [0.1, 0.15) is 35.4 Å². The SMILES string of the molecule is Cc1c(-c2cc3cc(NC(=O)OC4C[C@](C)(O)[C@@H]4C)ncc3c(NC(=O)OC(C)(C)C)c2F)cnc2c1N(C(=O)OC(C)(C)C)CCO2. The second kappa shape index (κ2) is 12.4. The fourth-order valence-corrected chi connectivity index (χ4v) is 5.60. The lowest BCUT2D eigenvalue weighted by Gasteiger charge is -2.46. The Kier molecular flexibility index (Phi) is 8.93. The van der Waals surface area contributed by atoms with Crippen LogP contribution in [0.4, 0.5) is 36.0 Å². The van der Waals surface area contributed by atoms with E-state index in [1.54, 1.807) is 62.3 Å². The number of aromatic nitrogens is 2. The average Bonchev–Trinajstić information content (AvgIpc) is 2.96. The molecule has 0 bridgehead atoms. The van der Waals surface area contributed by atoms with Crippen LogP contribution in [0.15, 0.2) is 24.5 Å². The molecule has 0 radical (unpaired) electrons. The number of benzene rings is 1. The van der Waals surface area contributed by atoms with Crippen molar-refractivity contribution in [1.29, 1.82) is 0 Å². The minimum atomic E-state index is -0.913. The van der Waals surface area contributed by atoms with E-state index in [2.05, 4.69) is 20.6 Å². The lowest BCUT2D eigenvalue weighted by Crippen LogP contribution is -2.55. The van der Waals surface area contributed by atoms with Crippen LogP contribution in [0.1, 0.15) is 67.4 Å². The van der Waals surface area contributed by atoms with Gasteiger partial charge in [-0.15, -0.1) is 0 Å². The molecule has 0 saturated heterocycles. The zero-order valence-corrected chi connectivity index (χ0v) is 28.6. The van der Waals surface area contributed by atoms with Crippen LogP contribution in [0, 0.1) is 18.7 Å². The third-order valence-electron chi connectivity index (χ3n) is 8.23. The van der Waals surface area contributed by atoms with Gasteiger partial charge in [0.05, 0.1) is 17.8 Å². The lowest BCUT2D eigenvalue weighted by atomic mass is 9.69. The highest BCUT2D eigenvalue weighted by atomic mass is 19.1. The van der Waals surface area contributed by atoms with Gasteiger partial charge in [-0.1, -0.05) is 6.92 Å². The monoisotopic (exact) mass is 667 g/mol. The molecule has 5 rings (SSSR count). The average molecular weight is 668 g/mol. The Labute approximate surface area is 278 Å². The molecule has 2 aromatic heterocycles. The summed E-state index contributed by atoms with van der Waals surface area (Å²) in [6, 6.07) is 3.05. The maximum Gasteiger partial charge on any atom is 0.415 e. The largest absolute Gasteiger partial charge is 0.474 e. The highest BCUT2D eigenvalue weighted by molar-refractivity contribution is 6.05. The van der Waals surface area contributed by atoms with E-state index in [1.807, 2.05) is 0 Å². The van der Waals surface area contributed by atoms with Gasteiger partial charge in [0, 0.05) is 41.2 Å². The lowest BCUT2D eigenvalue weighted by molar-refractivity contribution is -0.153. The number of halogens is 1. The van der Waals surface area contributed by atoms with Crippen LogP contribution in [0.5, 0.6) is 5.88 Å². The summed E-state index contributed by atoms with van der Waals surface area (Å²) in [6.45, 7) is 15.9. The molecular formula is C34H42FN5O8. The molecule has 1 saturated carbocycles. The Morgan fingerprint density at radius 2 is 1.71 bits per heavy atom. The van der Waals surface area contributed by atoms with Crippen LogP contribution in [-0.4, -0.2) is 69.4 Å². The third kappa shape index (κ3) is 7.23. The van der Waals surface area contributed by atoms with Crippen LogP contribution in [0.2, 0.25) is 0 Å². The summed E-state index contributed by atoms with van der Waals surface area (Å²) in [6.07, 6.45) is 0.336. The Bertz CT molecular complexity index is 1780. The number of fused-ring (bicyclic) bond motifs is 2. The van der Waals surface area contributed by atoms with E-state index in [-0.39, 0.29) is 47.4 Å². The highest BCUT2D eigenvalue weighted by Gasteiger charge is 2.49. The molecule has 1 unspecified atom stereocenters. The van der Waals surface area contributed by atoms with E-state index in [0.717, 1.165) is 0 Å². The molecule has 0 spiro atoms. The first-order valence-corrected chi connectivity index (χ1v) is 15.7. The molecule has 3 N–H and O–H groups in total. The maximum atomic E-state index is 16.6. The first-order chi connectivity index (χ1) is 22.2. The number of carbonyl (C=O) groups is 3. The van der Waals surface area contributed by atoms with Crippen LogP contribution >= 0.6 is 0 Å². The molecule has 1 aliphatic heterocycles. The Hall–Kier alpha value is -4.72. The molecule has 3 heterocycles. The van der Waals surface area contributed by atoms with Crippen LogP contribution in [0.25, 0.3) is 21.9 Å². The second-order valence-electron chi connectivity index (χ2n) is 14.4. The number of nitrogens with zero attached hydrogens (tertiary/aromatic N) is 3. The number of amides is 3. The number of hydrogen-bond donors (Lipinski definition) is 3. The molecule has 48 heavy (non-hydrogen) atoms. The van der Waals surface area contributed by atoms with Crippen molar-refractivity contribution < 1.29 is 42.8 Å². The van der Waals surface area contributed by atoms with E-state index >= 15 is 4.39 Å². The molecule has 13 nitrogen and oxygen atoms in total. The summed E-state index contributed by atoms with van der Waals surface area (Å²) < 4.78 is 38.8. The fourth-order valence-electron chi connectivity index (χ4n) is 5.60. The van der Waals surface area contributed by atoms with Crippen LogP contribution < -0.4 is 20.3 Å². The van der Waals surface area contributed by atoms with E-state index in [1.165, 1.54) is 29.4 Å². The van der Waals surface area contributed by atoms with Gasteiger partial charge in [0.2, 0.25) is 5.88 Å². The van der Waals surface area contributed by atoms with Crippen LogP contribution in [0.3, 0.4) is 0 Å². The molecule has 14 heteroatoms. The topological polar surface area (TPSA) is 161 Å². The van der Waals surface area contributed by atoms with E-state index in [0.29, 0.717) is 28.6 Å². The van der Waals surface area contributed by atoms with Gasteiger partial charge >= 0.3 is 18.3 Å². The first kappa shape index (κ1) is 34.6. The maximum absolute atomic E-state index is 16.6. The van der Waals surface area contributed by atoms with Crippen LogP contribution in [-0.2, 0) is 14.2 Å². The van der Waals surface area contributed by atoms with E-state index in [4.69, 9.17) is 18.9 Å². The normalized spacial score (nSPS) is 20.6. The fraction of sp³-hybridized carbons (Fsp3) is 0.500. The van der Waals surface area contributed by atoms with Crippen molar-refractivity contribution >= 4 is 46.2 Å². The molecule has 1 aliphatic carbocycles. The van der Waals surface area contributed by atoms with Crippen molar-refractivity contribution in [1.82, 2.24) is 9.97 Å². The summed E-state index contributed by atoms with van der Waals surface area (Å²) >= 11 is 0. The smallest absolute Gasteiger partial charge is 0.415 e. The molecule has 1 fully saturated rings. The number of aliphatic hydroxyl groups is 1. The van der Waals surface area contributed by atoms with E-state index in [9.17, 15) is 19.5 Å². The first-order valence-electron chi connectivity index (χ1n) is 15.7. The Balaban J connectivity index is 1.57. The molecule has 3 amide bonds. The molecule has 258 valence electrons. The predicted octanol–water partition coefficient (Wildman–Crippen LogP) is 6.93. The number of hydrogen-bond acceptors (Lipinski definition) is 10. The predicted molar refractivity (Wildman–Crippen MR) is 177 cm³/mol. The van der Waals surface area contributed by atoms with Crippen molar-refractivity contribution in [2.45, 2.75) is 91.6 Å². The van der Waals surface area contributed by atoms with Crippen molar-refractivity contribution in [2.75, 3.05) is 28.7 Å². The molecule has 1 aromatic carbocycles. The standard InChI is InChI=1S/C34H42FN5O8/c1-17-21(15-37-28-27(17)40(10-11-45-28)31(43)48-33(6,7)8)20-12-19-13-24(38-29(41)46-23-14-34(9,44)18(23)2)36-16-22(19)26(25(20)35)39-30(42)47-32(3,4)5/h12-13,15-16,18,23,44H,10-11,14H2,1-9H3,(H,39,42)(H,36,38,41)/t18-,23?,34+/m1/s1. The van der Waals surface area contributed by atoms with Crippen molar-refractivity contribution in [3.8, 4) is 17.0 Å². The molecule has 2 aliphatic rings. The van der Waals surface area contributed by atoms with Gasteiger partial charge in [-0.2, -0.15) is 0 Å². The van der Waals surface area contributed by atoms with Gasteiger partial charge in [-0.3, -0.25) is 15.5 Å². The van der Waals surface area contributed by atoms with Gasteiger partial charge in [-0.25, -0.2) is 28.7 Å². The van der Waals surface area contributed by atoms with Gasteiger partial charge < -0.3 is 24.1 Å². The Morgan fingerprint density at radius 3 is 2.33 bits per heavy atom. The summed E-state index contributed by atoms with van der Waals surface area (Å²) in [7, 11) is 0. The van der Waals surface area contributed by atoms with Gasteiger partial charge in [0.15, 0.2) is 5.82 Å². The van der Waals surface area contributed by atoms with E-state index < -0.39 is 47.0 Å². The molecular weight excluding hydrogens is 625 g/mol. The summed E-state index contributed by atoms with van der Waals surface area (Å²) in [5.74, 6) is -0.744. The summed E-state index contributed by atoms with van der Waals surface area (Å²) in [4.78, 5) is 48.9.